The van der Waals surface area contributed by atoms with E-state index in [0.717, 1.165) is 49.7 Å². The minimum Gasteiger partial charge on any atom is -0.497 e. The lowest BCUT2D eigenvalue weighted by atomic mass is 10.1. The van der Waals surface area contributed by atoms with E-state index >= 15 is 0 Å². The molecule has 0 amide bonds. The van der Waals surface area contributed by atoms with Crippen LogP contribution in [0, 0.1) is 13.8 Å². The number of hydrazone groups is 1. The molecule has 26 heavy (non-hydrogen) atoms. The van der Waals surface area contributed by atoms with E-state index in [9.17, 15) is 0 Å². The Bertz CT molecular complexity index is 759. The molecule has 1 saturated heterocycles. The molecule has 0 aromatic heterocycles. The fourth-order valence-corrected chi connectivity index (χ4v) is 3.36. The van der Waals surface area contributed by atoms with Gasteiger partial charge in [0.1, 0.15) is 5.75 Å². The highest BCUT2D eigenvalue weighted by Crippen LogP contribution is 2.16. The van der Waals surface area contributed by atoms with Crippen molar-refractivity contribution in [1.82, 2.24) is 9.91 Å². The molecular weight excluding hydrogens is 322 g/mol. The van der Waals surface area contributed by atoms with Crippen LogP contribution in [0.2, 0.25) is 0 Å². The maximum atomic E-state index is 5.22. The predicted octanol–water partition coefficient (Wildman–Crippen LogP) is 3.85. The Labute approximate surface area is 157 Å². The molecule has 3 rings (SSSR count). The highest BCUT2D eigenvalue weighted by Gasteiger charge is 2.16. The van der Waals surface area contributed by atoms with Crippen molar-refractivity contribution in [2.24, 2.45) is 5.10 Å². The second-order valence-electron chi connectivity index (χ2n) is 7.07. The van der Waals surface area contributed by atoms with Crippen molar-refractivity contribution in [1.29, 1.82) is 0 Å². The molecule has 4 nitrogen and oxygen atoms in total. The highest BCUT2D eigenvalue weighted by atomic mass is 16.5. The van der Waals surface area contributed by atoms with Crippen molar-refractivity contribution < 1.29 is 4.74 Å². The summed E-state index contributed by atoms with van der Waals surface area (Å²) in [5, 5.41) is 7.01. The summed E-state index contributed by atoms with van der Waals surface area (Å²) >= 11 is 0. The van der Waals surface area contributed by atoms with Crippen LogP contribution in [0.3, 0.4) is 0 Å². The van der Waals surface area contributed by atoms with Gasteiger partial charge in [0.2, 0.25) is 0 Å². The third-order valence-corrected chi connectivity index (χ3v) is 5.04. The molecule has 0 radical (unpaired) electrons. The van der Waals surface area contributed by atoms with E-state index in [4.69, 9.17) is 9.84 Å². The molecular formula is C22H29N3O. The number of aryl methyl sites for hydroxylation is 2. The van der Waals surface area contributed by atoms with Crippen molar-refractivity contribution >= 4 is 5.71 Å². The summed E-state index contributed by atoms with van der Waals surface area (Å²) in [6, 6.07) is 14.8. The van der Waals surface area contributed by atoms with Gasteiger partial charge in [-0.1, -0.05) is 23.8 Å². The minimum atomic E-state index is 0.876. The fraction of sp³-hybridized carbons (Fsp3) is 0.409. The van der Waals surface area contributed by atoms with Gasteiger partial charge in [0.15, 0.2) is 0 Å². The smallest absolute Gasteiger partial charge is 0.118 e. The van der Waals surface area contributed by atoms with Crippen LogP contribution in [0.15, 0.2) is 47.6 Å². The van der Waals surface area contributed by atoms with E-state index in [1.807, 2.05) is 12.1 Å². The van der Waals surface area contributed by atoms with Gasteiger partial charge in [0.05, 0.1) is 12.8 Å². The average Bonchev–Trinajstić information content (AvgIpc) is 2.65. The van der Waals surface area contributed by atoms with Crippen LogP contribution in [0.25, 0.3) is 0 Å². The van der Waals surface area contributed by atoms with Crippen LogP contribution < -0.4 is 4.74 Å². The summed E-state index contributed by atoms with van der Waals surface area (Å²) in [6.45, 7) is 11.5. The summed E-state index contributed by atoms with van der Waals surface area (Å²) in [7, 11) is 1.69. The molecule has 1 aliphatic heterocycles. The molecule has 0 bridgehead atoms. The van der Waals surface area contributed by atoms with Crippen LogP contribution in [0.4, 0.5) is 0 Å². The zero-order chi connectivity index (χ0) is 18.5. The van der Waals surface area contributed by atoms with Crippen molar-refractivity contribution in [3.05, 3.63) is 64.7 Å². The molecule has 1 aliphatic rings. The molecule has 0 saturated carbocycles. The first-order valence-electron chi connectivity index (χ1n) is 9.28. The molecule has 0 unspecified atom stereocenters. The predicted molar refractivity (Wildman–Crippen MR) is 108 cm³/mol. The number of benzene rings is 2. The zero-order valence-corrected chi connectivity index (χ0v) is 16.3. The molecule has 0 atom stereocenters. The Hall–Kier alpha value is -2.33. The number of hydrogen-bond acceptors (Lipinski definition) is 4. The minimum absolute atomic E-state index is 0.876. The van der Waals surface area contributed by atoms with Crippen molar-refractivity contribution in [2.75, 3.05) is 33.3 Å². The van der Waals surface area contributed by atoms with E-state index < -0.39 is 0 Å². The lowest BCUT2D eigenvalue weighted by molar-refractivity contribution is 0.130. The normalized spacial score (nSPS) is 16.0. The number of ether oxygens (including phenoxy) is 1. The van der Waals surface area contributed by atoms with Gasteiger partial charge >= 0.3 is 0 Å². The summed E-state index contributed by atoms with van der Waals surface area (Å²) in [6.07, 6.45) is 0. The number of nitrogens with zero attached hydrogens (tertiary/aromatic N) is 3. The first kappa shape index (κ1) is 18.5. The summed E-state index contributed by atoms with van der Waals surface area (Å²) < 4.78 is 5.22. The Kier molecular flexibility index (Phi) is 5.94. The summed E-state index contributed by atoms with van der Waals surface area (Å²) in [5.74, 6) is 0.876. The zero-order valence-electron chi connectivity index (χ0n) is 16.3. The molecule has 0 N–H and O–H groups in total. The molecule has 4 heteroatoms. The Balaban J connectivity index is 1.55. The number of hydrogen-bond donors (Lipinski definition) is 0. The summed E-state index contributed by atoms with van der Waals surface area (Å²) in [4.78, 5) is 2.52. The maximum absolute atomic E-state index is 5.22. The van der Waals surface area contributed by atoms with Crippen LogP contribution in [0.5, 0.6) is 5.75 Å². The number of piperazine rings is 1. The van der Waals surface area contributed by atoms with Gasteiger partial charge in [-0.2, -0.15) is 5.10 Å². The van der Waals surface area contributed by atoms with Gasteiger partial charge in [-0.05, 0) is 61.7 Å². The van der Waals surface area contributed by atoms with Gasteiger partial charge in [-0.3, -0.25) is 9.91 Å². The van der Waals surface area contributed by atoms with Crippen LogP contribution in [-0.2, 0) is 6.54 Å². The monoisotopic (exact) mass is 351 g/mol. The Morgan fingerprint density at radius 2 is 1.69 bits per heavy atom. The van der Waals surface area contributed by atoms with Crippen LogP contribution in [0.1, 0.15) is 29.2 Å². The SMILES string of the molecule is COc1ccc(/C(C)=N/N2CCN(Cc3ccc(C)cc3C)CC2)cc1. The molecule has 138 valence electrons. The summed E-state index contributed by atoms with van der Waals surface area (Å²) in [5.41, 5.74) is 6.35. The third kappa shape index (κ3) is 4.64. The second kappa shape index (κ2) is 8.37. The Morgan fingerprint density at radius 1 is 1.00 bits per heavy atom. The average molecular weight is 351 g/mol. The van der Waals surface area contributed by atoms with Crippen molar-refractivity contribution in [3.63, 3.8) is 0 Å². The lowest BCUT2D eigenvalue weighted by Crippen LogP contribution is -2.43. The van der Waals surface area contributed by atoms with Gasteiger partial charge in [0.25, 0.3) is 0 Å². The van der Waals surface area contributed by atoms with Crippen LogP contribution in [-0.4, -0.2) is 48.9 Å². The first-order valence-corrected chi connectivity index (χ1v) is 9.28. The highest BCUT2D eigenvalue weighted by molar-refractivity contribution is 5.98. The van der Waals surface area contributed by atoms with Gasteiger partial charge in [0, 0.05) is 32.7 Å². The Morgan fingerprint density at radius 3 is 2.31 bits per heavy atom. The molecule has 2 aromatic carbocycles. The lowest BCUT2D eigenvalue weighted by Gasteiger charge is -2.33. The van der Waals surface area contributed by atoms with Gasteiger partial charge < -0.3 is 4.74 Å². The van der Waals surface area contributed by atoms with E-state index in [1.54, 1.807) is 7.11 Å². The van der Waals surface area contributed by atoms with E-state index in [1.165, 1.54) is 16.7 Å². The van der Waals surface area contributed by atoms with Gasteiger partial charge in [-0.25, -0.2) is 0 Å². The molecule has 2 aromatic rings. The second-order valence-corrected chi connectivity index (χ2v) is 7.07. The number of rotatable bonds is 5. The maximum Gasteiger partial charge on any atom is 0.118 e. The fourth-order valence-electron chi connectivity index (χ4n) is 3.36. The molecule has 0 spiro atoms. The molecule has 1 fully saturated rings. The van der Waals surface area contributed by atoms with Gasteiger partial charge in [-0.15, -0.1) is 0 Å². The molecule has 0 aliphatic carbocycles. The quantitative estimate of drug-likeness (QED) is 0.766. The van der Waals surface area contributed by atoms with E-state index in [2.05, 4.69) is 61.0 Å². The van der Waals surface area contributed by atoms with E-state index in [0.29, 0.717) is 0 Å². The van der Waals surface area contributed by atoms with E-state index in [-0.39, 0.29) is 0 Å². The third-order valence-electron chi connectivity index (χ3n) is 5.04. The topological polar surface area (TPSA) is 28.1 Å². The number of methoxy groups -OCH3 is 1. The van der Waals surface area contributed by atoms with Crippen molar-refractivity contribution in [2.45, 2.75) is 27.3 Å². The largest absolute Gasteiger partial charge is 0.497 e. The standard InChI is InChI=1S/C22H29N3O/c1-17-5-6-21(18(2)15-17)16-24-11-13-25(14-12-24)23-19(3)20-7-9-22(26-4)10-8-20/h5-10,15H,11-14,16H2,1-4H3/b23-19+. The molecule has 1 heterocycles. The van der Waals surface area contributed by atoms with Crippen LogP contribution >= 0.6 is 0 Å². The van der Waals surface area contributed by atoms with Crippen molar-refractivity contribution in [3.8, 4) is 5.75 Å². The first-order chi connectivity index (χ1) is 12.5.